The van der Waals surface area contributed by atoms with Gasteiger partial charge in [0, 0.05) is 61.3 Å². The van der Waals surface area contributed by atoms with Gasteiger partial charge in [0.1, 0.15) is 17.7 Å². The van der Waals surface area contributed by atoms with Crippen molar-refractivity contribution in [1.82, 2.24) is 29.7 Å². The SMILES string of the molecule is Cc1c(-c2nc3cc(CN4CC[C@@H](O)C4)cc(C#N)c3o2)cccc1-c1ccnc(/C=C/c2nccc3cc(CN4CCCC4)cnc23)c1C#N. The summed E-state index contributed by atoms with van der Waals surface area (Å²) in [5, 5.41) is 31.4. The summed E-state index contributed by atoms with van der Waals surface area (Å²) in [6, 6.07) is 20.3. The highest BCUT2D eigenvalue weighted by molar-refractivity contribution is 5.90. The van der Waals surface area contributed by atoms with Crippen LogP contribution in [0.3, 0.4) is 0 Å². The number of nitriles is 2. The van der Waals surface area contributed by atoms with Gasteiger partial charge in [-0.25, -0.2) is 4.98 Å². The van der Waals surface area contributed by atoms with E-state index in [0.29, 0.717) is 52.6 Å². The van der Waals surface area contributed by atoms with Crippen molar-refractivity contribution in [3.63, 3.8) is 0 Å². The molecule has 0 bridgehead atoms. The summed E-state index contributed by atoms with van der Waals surface area (Å²) in [7, 11) is 0. The van der Waals surface area contributed by atoms with Gasteiger partial charge in [0.2, 0.25) is 5.89 Å². The van der Waals surface area contributed by atoms with Crippen molar-refractivity contribution in [2.24, 2.45) is 0 Å². The van der Waals surface area contributed by atoms with E-state index in [4.69, 9.17) is 14.4 Å². The Morgan fingerprint density at radius 2 is 1.65 bits per heavy atom. The Bertz CT molecular complexity index is 2400. The molecule has 8 rings (SSSR count). The van der Waals surface area contributed by atoms with Gasteiger partial charge in [0.15, 0.2) is 5.58 Å². The van der Waals surface area contributed by atoms with Gasteiger partial charge in [-0.2, -0.15) is 10.5 Å². The van der Waals surface area contributed by atoms with Crippen molar-refractivity contribution < 1.29 is 9.52 Å². The summed E-state index contributed by atoms with van der Waals surface area (Å²) in [6.45, 7) is 7.20. The third kappa shape index (κ3) is 6.49. The molecule has 252 valence electrons. The number of rotatable bonds is 8. The van der Waals surface area contributed by atoms with Gasteiger partial charge in [-0.15, -0.1) is 0 Å². The molecule has 2 aromatic carbocycles. The monoisotopic (exact) mass is 672 g/mol. The number of oxazole rings is 1. The first-order valence-corrected chi connectivity index (χ1v) is 17.3. The van der Waals surface area contributed by atoms with Crippen molar-refractivity contribution in [2.75, 3.05) is 26.2 Å². The summed E-state index contributed by atoms with van der Waals surface area (Å²) in [5.41, 5.74) is 9.35. The molecule has 4 aromatic heterocycles. The smallest absolute Gasteiger partial charge is 0.227 e. The molecule has 6 heterocycles. The van der Waals surface area contributed by atoms with Crippen LogP contribution >= 0.6 is 0 Å². The fourth-order valence-corrected chi connectivity index (χ4v) is 7.39. The van der Waals surface area contributed by atoms with Crippen LogP contribution in [-0.4, -0.2) is 67.1 Å². The van der Waals surface area contributed by atoms with Crippen molar-refractivity contribution in [3.8, 4) is 34.7 Å². The van der Waals surface area contributed by atoms with E-state index in [1.807, 2.05) is 67.7 Å². The number of β-amino-alcohol motifs (C(OH)–C–C–N with tert-alkyl or cyclic N) is 1. The Hall–Kier alpha value is -5.78. The second-order valence-corrected chi connectivity index (χ2v) is 13.4. The van der Waals surface area contributed by atoms with Crippen LogP contribution in [0.2, 0.25) is 0 Å². The molecule has 2 fully saturated rings. The van der Waals surface area contributed by atoms with Gasteiger partial charge in [-0.1, -0.05) is 12.1 Å². The van der Waals surface area contributed by atoms with Crippen LogP contribution in [0, 0.1) is 29.6 Å². The molecule has 51 heavy (non-hydrogen) atoms. The van der Waals surface area contributed by atoms with Crippen LogP contribution < -0.4 is 0 Å². The van der Waals surface area contributed by atoms with E-state index >= 15 is 0 Å². The van der Waals surface area contributed by atoms with Crippen molar-refractivity contribution >= 4 is 34.2 Å². The Balaban J connectivity index is 1.10. The molecule has 1 atom stereocenters. The second-order valence-electron chi connectivity index (χ2n) is 13.4. The minimum Gasteiger partial charge on any atom is -0.435 e. The predicted octanol–water partition coefficient (Wildman–Crippen LogP) is 6.88. The highest BCUT2D eigenvalue weighted by Crippen LogP contribution is 2.36. The lowest BCUT2D eigenvalue weighted by molar-refractivity contribution is 0.175. The molecule has 0 aliphatic carbocycles. The Morgan fingerprint density at radius 3 is 2.45 bits per heavy atom. The fourth-order valence-electron chi connectivity index (χ4n) is 7.39. The molecule has 1 N–H and O–H groups in total. The standard InChI is InChI=1S/C41H36N8O2/c1-26-32(5-4-6-33(26)41-47-38-19-27(17-30(20-42)40(38)51-41)23-49-16-11-31(50)25-49)34-10-13-44-36(35(34)21-43)7-8-37-39-29(9-12-45-37)18-28(22-46-39)24-48-14-2-3-15-48/h4-10,12-13,17-19,22,31,50H,2-3,11,14-16,23-25H2,1H3/b8-7+/t31-/m1/s1. The van der Waals surface area contributed by atoms with E-state index in [-0.39, 0.29) is 6.10 Å². The van der Waals surface area contributed by atoms with Crippen LogP contribution in [0.25, 0.3) is 56.7 Å². The lowest BCUT2D eigenvalue weighted by atomic mass is 9.93. The zero-order valence-corrected chi connectivity index (χ0v) is 28.4. The first-order valence-electron chi connectivity index (χ1n) is 17.3. The van der Waals surface area contributed by atoms with E-state index in [1.54, 1.807) is 12.4 Å². The van der Waals surface area contributed by atoms with Gasteiger partial charge in [0.05, 0.1) is 34.1 Å². The Morgan fingerprint density at radius 1 is 0.863 bits per heavy atom. The van der Waals surface area contributed by atoms with Crippen LogP contribution in [0.1, 0.15) is 58.5 Å². The van der Waals surface area contributed by atoms with Crippen LogP contribution in [0.4, 0.5) is 0 Å². The normalized spacial score (nSPS) is 16.7. The number of aromatic nitrogens is 4. The van der Waals surface area contributed by atoms with E-state index < -0.39 is 0 Å². The molecular formula is C41H36N8O2. The number of hydrogen-bond acceptors (Lipinski definition) is 10. The zero-order valence-electron chi connectivity index (χ0n) is 28.4. The average molecular weight is 673 g/mol. The average Bonchev–Trinajstić information content (AvgIpc) is 3.92. The summed E-state index contributed by atoms with van der Waals surface area (Å²) < 4.78 is 6.24. The Kier molecular flexibility index (Phi) is 8.81. The number of aliphatic hydroxyl groups is 1. The maximum atomic E-state index is 10.4. The first kappa shape index (κ1) is 32.4. The van der Waals surface area contributed by atoms with E-state index in [0.717, 1.165) is 71.3 Å². The quantitative estimate of drug-likeness (QED) is 0.182. The number of likely N-dealkylation sites (tertiary alicyclic amines) is 2. The largest absolute Gasteiger partial charge is 0.435 e. The number of pyridine rings is 3. The van der Waals surface area contributed by atoms with E-state index in [1.165, 1.54) is 18.4 Å². The van der Waals surface area contributed by atoms with Gasteiger partial charge < -0.3 is 9.52 Å². The minimum atomic E-state index is -0.316. The molecule has 2 aliphatic heterocycles. The number of hydrogen-bond donors (Lipinski definition) is 1. The molecule has 0 unspecified atom stereocenters. The molecule has 0 radical (unpaired) electrons. The molecular weight excluding hydrogens is 637 g/mol. The Labute approximate surface area is 296 Å². The highest BCUT2D eigenvalue weighted by Gasteiger charge is 2.22. The summed E-state index contributed by atoms with van der Waals surface area (Å²) >= 11 is 0. The van der Waals surface area contributed by atoms with Crippen LogP contribution in [0.5, 0.6) is 0 Å². The van der Waals surface area contributed by atoms with Gasteiger partial charge in [0.25, 0.3) is 0 Å². The number of aliphatic hydroxyl groups excluding tert-OH is 1. The number of nitrogens with zero attached hydrogens (tertiary/aromatic N) is 8. The maximum Gasteiger partial charge on any atom is 0.227 e. The first-order chi connectivity index (χ1) is 25.0. The fraction of sp³-hybridized carbons (Fsp3) is 0.268. The minimum absolute atomic E-state index is 0.316. The molecule has 0 amide bonds. The molecule has 10 nitrogen and oxygen atoms in total. The number of fused-ring (bicyclic) bond motifs is 2. The van der Waals surface area contributed by atoms with Crippen molar-refractivity contribution in [3.05, 3.63) is 106 Å². The summed E-state index contributed by atoms with van der Waals surface area (Å²) in [5.74, 6) is 0.403. The third-order valence-corrected chi connectivity index (χ3v) is 9.96. The molecule has 0 spiro atoms. The topological polar surface area (TPSA) is 139 Å². The lowest BCUT2D eigenvalue weighted by Gasteiger charge is -2.14. The summed E-state index contributed by atoms with van der Waals surface area (Å²) in [6.07, 6.45) is 12.1. The lowest BCUT2D eigenvalue weighted by Crippen LogP contribution is -2.21. The maximum absolute atomic E-state index is 10.4. The van der Waals surface area contributed by atoms with Gasteiger partial charge in [-0.3, -0.25) is 24.8 Å². The van der Waals surface area contributed by atoms with Crippen molar-refractivity contribution in [2.45, 2.75) is 45.4 Å². The predicted molar refractivity (Wildman–Crippen MR) is 196 cm³/mol. The van der Waals surface area contributed by atoms with Crippen molar-refractivity contribution in [1.29, 1.82) is 10.5 Å². The molecule has 10 heteroatoms. The molecule has 2 saturated heterocycles. The molecule has 6 aromatic rings. The van der Waals surface area contributed by atoms with Gasteiger partial charge >= 0.3 is 0 Å². The van der Waals surface area contributed by atoms with Crippen LogP contribution in [0.15, 0.2) is 71.5 Å². The van der Waals surface area contributed by atoms with E-state index in [9.17, 15) is 15.6 Å². The summed E-state index contributed by atoms with van der Waals surface area (Å²) in [4.78, 5) is 23.4. The highest BCUT2D eigenvalue weighted by atomic mass is 16.3. The molecule has 2 aliphatic rings. The van der Waals surface area contributed by atoms with Crippen LogP contribution in [-0.2, 0) is 13.1 Å². The molecule has 0 saturated carbocycles. The van der Waals surface area contributed by atoms with Gasteiger partial charge in [-0.05, 0) is 110 Å². The zero-order chi connectivity index (χ0) is 34.9. The number of benzene rings is 2. The van der Waals surface area contributed by atoms with E-state index in [2.05, 4.69) is 38.0 Å². The third-order valence-electron chi connectivity index (χ3n) is 9.96. The second kappa shape index (κ2) is 13.9.